The molecule has 0 saturated heterocycles. The third-order valence-corrected chi connectivity index (χ3v) is 3.14. The van der Waals surface area contributed by atoms with E-state index in [0.29, 0.717) is 0 Å². The summed E-state index contributed by atoms with van der Waals surface area (Å²) < 4.78 is 0. The number of rotatable bonds is 5. The molecule has 0 radical (unpaired) electrons. The lowest BCUT2D eigenvalue weighted by Gasteiger charge is -2.20. The lowest BCUT2D eigenvalue weighted by Crippen LogP contribution is -2.19. The first-order valence-electron chi connectivity index (χ1n) is 6.50. The third-order valence-electron chi connectivity index (χ3n) is 3.14. The number of anilines is 1. The zero-order valence-corrected chi connectivity index (χ0v) is 11.4. The monoisotopic (exact) mass is 243 g/mol. The van der Waals surface area contributed by atoms with Crippen molar-refractivity contribution in [2.24, 2.45) is 0 Å². The maximum atomic E-state index is 4.63. The van der Waals surface area contributed by atoms with Crippen molar-refractivity contribution in [3.05, 3.63) is 36.0 Å². The average Bonchev–Trinajstić information content (AvgIpc) is 2.39. The molecule has 0 bridgehead atoms. The topological polar surface area (TPSA) is 28.2 Å². The summed E-state index contributed by atoms with van der Waals surface area (Å²) in [5.74, 6) is 1.08. The minimum Gasteiger partial charge on any atom is -0.359 e. The Morgan fingerprint density at radius 1 is 1.22 bits per heavy atom. The molecule has 1 aromatic carbocycles. The van der Waals surface area contributed by atoms with Crippen LogP contribution in [0.2, 0.25) is 0 Å². The van der Waals surface area contributed by atoms with Gasteiger partial charge in [0.1, 0.15) is 5.82 Å². The molecule has 96 valence electrons. The summed E-state index contributed by atoms with van der Waals surface area (Å²) in [7, 11) is 4.07. The Balaban J connectivity index is 2.53. The number of pyridine rings is 1. The molecule has 1 heterocycles. The second kappa shape index (κ2) is 5.83. The van der Waals surface area contributed by atoms with E-state index in [0.717, 1.165) is 25.3 Å². The molecule has 3 heteroatoms. The Hall–Kier alpha value is -1.61. The first-order chi connectivity index (χ1) is 8.77. The van der Waals surface area contributed by atoms with Crippen LogP contribution in [0.3, 0.4) is 0 Å². The molecular weight excluding hydrogens is 222 g/mol. The number of hydrogen-bond acceptors (Lipinski definition) is 3. The summed E-state index contributed by atoms with van der Waals surface area (Å²) in [5, 5.41) is 5.73. The van der Waals surface area contributed by atoms with Crippen molar-refractivity contribution in [2.75, 3.05) is 25.5 Å². The highest BCUT2D eigenvalue weighted by Crippen LogP contribution is 2.26. The van der Waals surface area contributed by atoms with Gasteiger partial charge >= 0.3 is 0 Å². The Kier molecular flexibility index (Phi) is 4.15. The fourth-order valence-corrected chi connectivity index (χ4v) is 2.31. The summed E-state index contributed by atoms with van der Waals surface area (Å²) in [6.07, 6.45) is 3.12. The van der Waals surface area contributed by atoms with Crippen LogP contribution < -0.4 is 10.2 Å². The smallest absolute Gasteiger partial charge is 0.136 e. The lowest BCUT2D eigenvalue weighted by molar-refractivity contribution is 0.814. The molecular formula is C15H21N3. The SMILES string of the molecule is CCCN(C)c1ncc(CNC)c2ccccc12. The standard InChI is InChI=1S/C15H21N3/c1-4-9-18(3)15-14-8-6-5-7-13(14)12(10-16-2)11-17-15/h5-8,11,16H,4,9-10H2,1-3H3. The molecule has 0 aliphatic rings. The normalized spacial score (nSPS) is 10.8. The summed E-state index contributed by atoms with van der Waals surface area (Å²) >= 11 is 0. The van der Waals surface area contributed by atoms with Gasteiger partial charge in [-0.1, -0.05) is 31.2 Å². The van der Waals surface area contributed by atoms with Crippen LogP contribution >= 0.6 is 0 Å². The van der Waals surface area contributed by atoms with Gasteiger partial charge in [0.25, 0.3) is 0 Å². The van der Waals surface area contributed by atoms with Gasteiger partial charge in [0, 0.05) is 31.7 Å². The van der Waals surface area contributed by atoms with Gasteiger partial charge in [0.05, 0.1) is 0 Å². The number of hydrogen-bond donors (Lipinski definition) is 1. The van der Waals surface area contributed by atoms with Crippen LogP contribution in [-0.4, -0.2) is 25.6 Å². The fourth-order valence-electron chi connectivity index (χ4n) is 2.31. The van der Waals surface area contributed by atoms with Crippen LogP contribution in [0.15, 0.2) is 30.5 Å². The number of benzene rings is 1. The van der Waals surface area contributed by atoms with E-state index in [1.54, 1.807) is 0 Å². The van der Waals surface area contributed by atoms with Gasteiger partial charge in [0.15, 0.2) is 0 Å². The number of aromatic nitrogens is 1. The lowest BCUT2D eigenvalue weighted by atomic mass is 10.1. The molecule has 1 aromatic heterocycles. The van der Waals surface area contributed by atoms with E-state index in [4.69, 9.17) is 0 Å². The average molecular weight is 243 g/mol. The maximum Gasteiger partial charge on any atom is 0.136 e. The maximum absolute atomic E-state index is 4.63. The van der Waals surface area contributed by atoms with Crippen molar-refractivity contribution in [1.82, 2.24) is 10.3 Å². The molecule has 0 unspecified atom stereocenters. The molecule has 2 aromatic rings. The predicted octanol–water partition coefficient (Wildman–Crippen LogP) is 2.80. The zero-order valence-electron chi connectivity index (χ0n) is 11.4. The first kappa shape index (κ1) is 12.8. The van der Waals surface area contributed by atoms with Crippen LogP contribution in [0.1, 0.15) is 18.9 Å². The third kappa shape index (κ3) is 2.46. The van der Waals surface area contributed by atoms with Crippen molar-refractivity contribution in [3.63, 3.8) is 0 Å². The van der Waals surface area contributed by atoms with Gasteiger partial charge in [-0.05, 0) is 24.4 Å². The second-order valence-electron chi connectivity index (χ2n) is 4.60. The largest absolute Gasteiger partial charge is 0.359 e. The minimum atomic E-state index is 0.852. The molecule has 0 spiro atoms. The summed E-state index contributed by atoms with van der Waals surface area (Å²) in [4.78, 5) is 6.86. The van der Waals surface area contributed by atoms with E-state index in [2.05, 4.69) is 53.4 Å². The predicted molar refractivity (Wildman–Crippen MR) is 78.1 cm³/mol. The highest BCUT2D eigenvalue weighted by molar-refractivity contribution is 5.94. The van der Waals surface area contributed by atoms with Gasteiger partial charge in [-0.3, -0.25) is 0 Å². The molecule has 0 atom stereocenters. The van der Waals surface area contributed by atoms with Crippen LogP contribution in [0.4, 0.5) is 5.82 Å². The second-order valence-corrected chi connectivity index (χ2v) is 4.60. The molecule has 0 amide bonds. The molecule has 0 aliphatic carbocycles. The Morgan fingerprint density at radius 2 is 1.94 bits per heavy atom. The van der Waals surface area contributed by atoms with Gasteiger partial charge in [-0.15, -0.1) is 0 Å². The van der Waals surface area contributed by atoms with E-state index >= 15 is 0 Å². The molecule has 0 aliphatic heterocycles. The number of nitrogens with one attached hydrogen (secondary N) is 1. The first-order valence-corrected chi connectivity index (χ1v) is 6.50. The summed E-state index contributed by atoms with van der Waals surface area (Å²) in [5.41, 5.74) is 1.25. The van der Waals surface area contributed by atoms with Crippen LogP contribution in [0.5, 0.6) is 0 Å². The Morgan fingerprint density at radius 3 is 2.61 bits per heavy atom. The van der Waals surface area contributed by atoms with Crippen molar-refractivity contribution in [2.45, 2.75) is 19.9 Å². The van der Waals surface area contributed by atoms with E-state index in [1.807, 2.05) is 13.2 Å². The molecule has 3 nitrogen and oxygen atoms in total. The quantitative estimate of drug-likeness (QED) is 0.875. The molecule has 18 heavy (non-hydrogen) atoms. The molecule has 0 fully saturated rings. The fraction of sp³-hybridized carbons (Fsp3) is 0.400. The van der Waals surface area contributed by atoms with E-state index in [9.17, 15) is 0 Å². The Labute approximate surface area is 109 Å². The number of nitrogens with zero attached hydrogens (tertiary/aromatic N) is 2. The van der Waals surface area contributed by atoms with Crippen molar-refractivity contribution in [3.8, 4) is 0 Å². The van der Waals surface area contributed by atoms with Gasteiger partial charge in [0.2, 0.25) is 0 Å². The van der Waals surface area contributed by atoms with Crippen molar-refractivity contribution < 1.29 is 0 Å². The minimum absolute atomic E-state index is 0.852. The highest BCUT2D eigenvalue weighted by Gasteiger charge is 2.09. The highest BCUT2D eigenvalue weighted by atomic mass is 15.2. The van der Waals surface area contributed by atoms with Crippen LogP contribution in [0.25, 0.3) is 10.8 Å². The summed E-state index contributed by atoms with van der Waals surface area (Å²) in [6, 6.07) is 8.50. The van der Waals surface area contributed by atoms with Crippen molar-refractivity contribution >= 4 is 16.6 Å². The molecule has 1 N–H and O–H groups in total. The van der Waals surface area contributed by atoms with Crippen LogP contribution in [0, 0.1) is 0 Å². The van der Waals surface area contributed by atoms with Gasteiger partial charge < -0.3 is 10.2 Å². The summed E-state index contributed by atoms with van der Waals surface area (Å²) in [6.45, 7) is 4.07. The zero-order chi connectivity index (χ0) is 13.0. The molecule has 0 saturated carbocycles. The van der Waals surface area contributed by atoms with E-state index in [-0.39, 0.29) is 0 Å². The van der Waals surface area contributed by atoms with Crippen LogP contribution in [-0.2, 0) is 6.54 Å². The van der Waals surface area contributed by atoms with Gasteiger partial charge in [-0.25, -0.2) is 4.98 Å². The number of fused-ring (bicyclic) bond motifs is 1. The van der Waals surface area contributed by atoms with E-state index < -0.39 is 0 Å². The van der Waals surface area contributed by atoms with E-state index in [1.165, 1.54) is 16.3 Å². The Bertz CT molecular complexity index is 522. The van der Waals surface area contributed by atoms with Crippen molar-refractivity contribution in [1.29, 1.82) is 0 Å². The van der Waals surface area contributed by atoms with Gasteiger partial charge in [-0.2, -0.15) is 0 Å². The molecule has 2 rings (SSSR count).